The van der Waals surface area contributed by atoms with Crippen LogP contribution in [-0.4, -0.2) is 29.2 Å². The van der Waals surface area contributed by atoms with Gasteiger partial charge in [0.2, 0.25) is 0 Å². The van der Waals surface area contributed by atoms with Gasteiger partial charge in [0.15, 0.2) is 18.6 Å². The van der Waals surface area contributed by atoms with E-state index in [1.54, 1.807) is 24.3 Å². The van der Waals surface area contributed by atoms with Crippen LogP contribution in [0, 0.1) is 0 Å². The average Bonchev–Trinajstić information content (AvgIpc) is 3.30. The molecule has 2 aromatic heterocycles. The van der Waals surface area contributed by atoms with Crippen LogP contribution in [0.3, 0.4) is 0 Å². The molecule has 2 atom stereocenters. The molecular weight excluding hydrogens is 509 g/mol. The number of halogens is 2. The number of nitrogen functional groups attached to an aromatic ring is 1. The maximum Gasteiger partial charge on any atom is 0.297 e. The maximum absolute atomic E-state index is 14.0. The standard InChI is InChI=1S/C24H25F2N4O6P/c1-34-22-20(5-2-10-24(22,25)26)28-14-17-8-6-16(7-9-17)12-18-13-21(36-29-18)19-4-3-11-30(23(19)27)15-35-37(31,32)33/h2-11,13,22,27-28H,12,14-15H2,1H3,(H2,31,32,33). The fourth-order valence-corrected chi connectivity index (χ4v) is 4.10. The number of rotatable bonds is 10. The van der Waals surface area contributed by atoms with Gasteiger partial charge in [0.05, 0.1) is 11.9 Å². The topological polar surface area (TPSA) is 147 Å². The minimum absolute atomic E-state index is 0.160. The van der Waals surface area contributed by atoms with Crippen molar-refractivity contribution in [3.05, 3.63) is 89.4 Å². The minimum atomic E-state index is -4.91. The molecule has 1 aromatic carbocycles. The summed E-state index contributed by atoms with van der Waals surface area (Å²) in [5, 5.41) is 7.10. The van der Waals surface area contributed by atoms with Crippen LogP contribution in [0.4, 0.5) is 14.6 Å². The zero-order valence-electron chi connectivity index (χ0n) is 19.7. The lowest BCUT2D eigenvalue weighted by Crippen LogP contribution is -2.41. The molecule has 13 heteroatoms. The first-order valence-corrected chi connectivity index (χ1v) is 12.6. The van der Waals surface area contributed by atoms with Crippen molar-refractivity contribution in [2.24, 2.45) is 0 Å². The number of benzene rings is 1. The molecule has 10 nitrogen and oxygen atoms in total. The number of nitrogens with zero attached hydrogens (tertiary/aromatic N) is 2. The predicted octanol–water partition coefficient (Wildman–Crippen LogP) is 2.43. The number of anilines is 1. The number of hydrogen-bond donors (Lipinski definition) is 3. The molecule has 0 radical (unpaired) electrons. The molecule has 196 valence electrons. The van der Waals surface area contributed by atoms with Crippen LogP contribution in [0.1, 0.15) is 16.8 Å². The van der Waals surface area contributed by atoms with Gasteiger partial charge in [-0.2, -0.15) is 8.78 Å². The molecule has 37 heavy (non-hydrogen) atoms. The van der Waals surface area contributed by atoms with Gasteiger partial charge in [0, 0.05) is 31.8 Å². The second-order valence-electron chi connectivity index (χ2n) is 8.30. The number of methoxy groups -OCH3 is 1. The zero-order chi connectivity index (χ0) is 26.6. The van der Waals surface area contributed by atoms with Gasteiger partial charge in [0.25, 0.3) is 19.6 Å². The summed E-state index contributed by atoms with van der Waals surface area (Å²) in [4.78, 5) is 19.7. The molecule has 0 saturated heterocycles. The lowest BCUT2D eigenvalue weighted by molar-refractivity contribution is -0.712. The Balaban J connectivity index is 1.38. The van der Waals surface area contributed by atoms with Gasteiger partial charge >= 0.3 is 0 Å². The van der Waals surface area contributed by atoms with Crippen molar-refractivity contribution in [2.75, 3.05) is 12.8 Å². The Morgan fingerprint density at radius 3 is 2.73 bits per heavy atom. The van der Waals surface area contributed by atoms with E-state index < -0.39 is 26.6 Å². The van der Waals surface area contributed by atoms with Crippen molar-refractivity contribution in [2.45, 2.75) is 31.7 Å². The summed E-state index contributed by atoms with van der Waals surface area (Å²) >= 11 is 0. The van der Waals surface area contributed by atoms with E-state index in [0.29, 0.717) is 35.7 Å². The molecule has 0 amide bonds. The first-order valence-electron chi connectivity index (χ1n) is 11.1. The average molecular weight is 534 g/mol. The fraction of sp³-hybridized carbons (Fsp3) is 0.250. The lowest BCUT2D eigenvalue weighted by atomic mass is 10.0. The van der Waals surface area contributed by atoms with Crippen LogP contribution in [-0.2, 0) is 33.5 Å². The van der Waals surface area contributed by atoms with E-state index in [9.17, 15) is 18.2 Å². The Bertz CT molecular complexity index is 1350. The number of pyridine rings is 1. The van der Waals surface area contributed by atoms with E-state index >= 15 is 0 Å². The molecule has 2 heterocycles. The van der Waals surface area contributed by atoms with E-state index in [1.165, 1.54) is 23.9 Å². The third-order valence-electron chi connectivity index (χ3n) is 5.67. The summed E-state index contributed by atoms with van der Waals surface area (Å²) in [6.45, 7) is -0.152. The number of allylic oxidation sites excluding steroid dienone is 2. The zero-order valence-corrected chi connectivity index (χ0v) is 20.6. The smallest absolute Gasteiger partial charge is 0.297 e. The van der Waals surface area contributed by atoms with Gasteiger partial charge in [-0.25, -0.2) is 4.57 Å². The number of nitrogens with one attached hydrogen (secondary N) is 1. The number of hydrogen-bond acceptors (Lipinski definition) is 8. The second-order valence-corrected chi connectivity index (χ2v) is 9.50. The second kappa shape index (κ2) is 10.9. The SMILES string of the molecule is COC1C(NCc2ccc(Cc3cc(-c4ccc[n+](COP(=O)([O-])O)c4N)on3)cc2)=CC=CC1(F)F. The first kappa shape index (κ1) is 26.6. The molecule has 4 rings (SSSR count). The van der Waals surface area contributed by atoms with Crippen molar-refractivity contribution in [3.63, 3.8) is 0 Å². The van der Waals surface area contributed by atoms with E-state index in [2.05, 4.69) is 15.0 Å². The number of ether oxygens (including phenoxy) is 1. The largest absolute Gasteiger partial charge is 0.756 e. The van der Waals surface area contributed by atoms with Gasteiger partial charge in [-0.05, 0) is 35.4 Å². The monoisotopic (exact) mass is 534 g/mol. The van der Waals surface area contributed by atoms with E-state index in [0.717, 1.165) is 17.2 Å². The normalized spacial score (nSPS) is 18.3. The third-order valence-corrected chi connectivity index (χ3v) is 6.11. The van der Waals surface area contributed by atoms with Crippen LogP contribution >= 0.6 is 7.82 Å². The number of nitrogens with two attached hydrogens (primary N) is 1. The van der Waals surface area contributed by atoms with Crippen LogP contribution in [0.5, 0.6) is 0 Å². The molecule has 1 aliphatic carbocycles. The molecule has 1 aliphatic rings. The van der Waals surface area contributed by atoms with E-state index in [4.69, 9.17) is 19.9 Å². The number of phosphoric ester groups is 1. The Kier molecular flexibility index (Phi) is 7.86. The van der Waals surface area contributed by atoms with Crippen LogP contribution in [0.25, 0.3) is 11.3 Å². The quantitative estimate of drug-likeness (QED) is 0.264. The summed E-state index contributed by atoms with van der Waals surface area (Å²) in [5.41, 5.74) is 9.35. The molecule has 0 bridgehead atoms. The highest BCUT2D eigenvalue weighted by Crippen LogP contribution is 2.31. The molecule has 4 N–H and O–H groups in total. The van der Waals surface area contributed by atoms with Crippen molar-refractivity contribution < 1.29 is 41.5 Å². The highest BCUT2D eigenvalue weighted by Gasteiger charge is 2.41. The van der Waals surface area contributed by atoms with Gasteiger partial charge in [-0.3, -0.25) is 14.8 Å². The molecule has 0 fully saturated rings. The number of phosphoric acid groups is 1. The van der Waals surface area contributed by atoms with Crippen molar-refractivity contribution >= 4 is 13.6 Å². The maximum atomic E-state index is 14.0. The van der Waals surface area contributed by atoms with Gasteiger partial charge < -0.3 is 24.4 Å². The summed E-state index contributed by atoms with van der Waals surface area (Å²) < 4.78 is 54.9. The number of alkyl halides is 2. The number of aromatic nitrogens is 2. The van der Waals surface area contributed by atoms with Crippen molar-refractivity contribution in [3.8, 4) is 11.3 Å². The Morgan fingerprint density at radius 1 is 1.30 bits per heavy atom. The summed E-state index contributed by atoms with van der Waals surface area (Å²) in [6.07, 6.45) is 4.30. The Morgan fingerprint density at radius 2 is 2.03 bits per heavy atom. The molecule has 2 unspecified atom stereocenters. The molecule has 0 aliphatic heterocycles. The van der Waals surface area contributed by atoms with Crippen LogP contribution < -0.4 is 20.5 Å². The highest BCUT2D eigenvalue weighted by molar-refractivity contribution is 7.44. The van der Waals surface area contributed by atoms with E-state index in [-0.39, 0.29) is 5.82 Å². The third kappa shape index (κ3) is 6.68. The first-order chi connectivity index (χ1) is 17.6. The van der Waals surface area contributed by atoms with Crippen LogP contribution in [0.2, 0.25) is 0 Å². The lowest BCUT2D eigenvalue weighted by Gasteiger charge is -2.28. The van der Waals surface area contributed by atoms with Crippen molar-refractivity contribution in [1.82, 2.24) is 10.5 Å². The van der Waals surface area contributed by atoms with E-state index in [1.807, 2.05) is 24.3 Å². The Labute approximate surface area is 211 Å². The van der Waals surface area contributed by atoms with Crippen molar-refractivity contribution in [1.29, 1.82) is 0 Å². The van der Waals surface area contributed by atoms with Gasteiger partial charge in [0.1, 0.15) is 5.56 Å². The molecule has 0 spiro atoms. The fourth-order valence-electron chi connectivity index (χ4n) is 3.83. The summed E-state index contributed by atoms with van der Waals surface area (Å²) in [7, 11) is -3.66. The summed E-state index contributed by atoms with van der Waals surface area (Å²) in [6, 6.07) is 12.6. The predicted molar refractivity (Wildman–Crippen MR) is 127 cm³/mol. The molecule has 0 saturated carbocycles. The van der Waals surface area contributed by atoms with Crippen LogP contribution in [0.15, 0.2) is 77.1 Å². The summed E-state index contributed by atoms with van der Waals surface area (Å²) in [5.74, 6) is -2.55. The van der Waals surface area contributed by atoms with Gasteiger partial charge in [-0.15, -0.1) is 0 Å². The highest BCUT2D eigenvalue weighted by atomic mass is 31.2. The minimum Gasteiger partial charge on any atom is -0.756 e. The molecular formula is C24H25F2N4O6P. The molecule has 3 aromatic rings. The Hall–Kier alpha value is -3.41. The van der Waals surface area contributed by atoms with Gasteiger partial charge in [-0.1, -0.05) is 35.5 Å².